The Morgan fingerprint density at radius 2 is 1.96 bits per heavy atom. The third-order valence-electron chi connectivity index (χ3n) is 2.89. The van der Waals surface area contributed by atoms with Gasteiger partial charge in [0.25, 0.3) is 0 Å². The molecule has 0 N–H and O–H groups in total. The fourth-order valence-corrected chi connectivity index (χ4v) is 2.30. The Balaban J connectivity index is 2.27. The van der Waals surface area contributed by atoms with Crippen LogP contribution in [-0.2, 0) is 0 Å². The number of benzene rings is 2. The van der Waals surface area contributed by atoms with Crippen LogP contribution in [0, 0.1) is 11.3 Å². The zero-order valence-electron chi connectivity index (χ0n) is 12.0. The zero-order chi connectivity index (χ0) is 16.8. The molecular formula is C17H11Cl2NO3. The van der Waals surface area contributed by atoms with Crippen molar-refractivity contribution >= 4 is 35.2 Å². The van der Waals surface area contributed by atoms with Gasteiger partial charge in [-0.05, 0) is 42.0 Å². The third kappa shape index (κ3) is 4.26. The quantitative estimate of drug-likeness (QED) is 0.454. The van der Waals surface area contributed by atoms with E-state index in [1.807, 2.05) is 6.07 Å². The number of halogens is 2. The van der Waals surface area contributed by atoms with Crippen LogP contribution in [0.3, 0.4) is 0 Å². The average Bonchev–Trinajstić information content (AvgIpc) is 2.53. The fourth-order valence-electron chi connectivity index (χ4n) is 1.82. The number of rotatable bonds is 4. The first-order chi connectivity index (χ1) is 11.0. The largest absolute Gasteiger partial charge is 0.493 e. The second-order valence-corrected chi connectivity index (χ2v) is 5.23. The number of esters is 1. The van der Waals surface area contributed by atoms with Gasteiger partial charge >= 0.3 is 5.97 Å². The minimum Gasteiger partial charge on any atom is -0.493 e. The fraction of sp³-hybridized carbons (Fsp3) is 0.0588. The molecule has 0 unspecified atom stereocenters. The van der Waals surface area contributed by atoms with Crippen molar-refractivity contribution < 1.29 is 14.3 Å². The maximum absolute atomic E-state index is 12.2. The lowest BCUT2D eigenvalue weighted by Crippen LogP contribution is -2.10. The Bertz CT molecular complexity index is 810. The molecule has 0 aromatic heterocycles. The first kappa shape index (κ1) is 16.9. The van der Waals surface area contributed by atoms with Gasteiger partial charge in [-0.1, -0.05) is 29.3 Å². The van der Waals surface area contributed by atoms with Gasteiger partial charge in [0.15, 0.2) is 11.5 Å². The Morgan fingerprint density at radius 3 is 2.61 bits per heavy atom. The lowest BCUT2D eigenvalue weighted by molar-refractivity contribution is 0.0730. The van der Waals surface area contributed by atoms with Crippen molar-refractivity contribution in [2.45, 2.75) is 0 Å². The van der Waals surface area contributed by atoms with Crippen LogP contribution in [0.25, 0.3) is 6.08 Å². The highest BCUT2D eigenvalue weighted by Gasteiger charge is 2.15. The Kier molecular flexibility index (Phi) is 5.64. The van der Waals surface area contributed by atoms with Crippen LogP contribution >= 0.6 is 23.2 Å². The van der Waals surface area contributed by atoms with Crippen molar-refractivity contribution in [1.29, 1.82) is 5.26 Å². The molecule has 0 aliphatic carbocycles. The van der Waals surface area contributed by atoms with E-state index in [0.717, 1.165) is 5.56 Å². The highest BCUT2D eigenvalue weighted by Crippen LogP contribution is 2.30. The number of allylic oxidation sites excluding steroid dienone is 1. The summed E-state index contributed by atoms with van der Waals surface area (Å²) in [5, 5.41) is 9.17. The molecule has 0 fully saturated rings. The molecule has 116 valence electrons. The van der Waals surface area contributed by atoms with Gasteiger partial charge in [-0.15, -0.1) is 0 Å². The predicted octanol–water partition coefficient (Wildman–Crippen LogP) is 4.76. The third-order valence-corrected chi connectivity index (χ3v) is 3.44. The molecule has 4 nitrogen and oxygen atoms in total. The molecular weight excluding hydrogens is 337 g/mol. The molecule has 23 heavy (non-hydrogen) atoms. The van der Waals surface area contributed by atoms with Gasteiger partial charge in [0.2, 0.25) is 0 Å². The number of ether oxygens (including phenoxy) is 2. The van der Waals surface area contributed by atoms with E-state index in [1.165, 1.54) is 25.3 Å². The van der Waals surface area contributed by atoms with Gasteiger partial charge < -0.3 is 9.47 Å². The number of hydrogen-bond donors (Lipinski definition) is 0. The van der Waals surface area contributed by atoms with Crippen LogP contribution < -0.4 is 9.47 Å². The molecule has 2 aromatic carbocycles. The molecule has 2 aromatic rings. The van der Waals surface area contributed by atoms with Crippen molar-refractivity contribution in [3.8, 4) is 17.6 Å². The summed E-state index contributed by atoms with van der Waals surface area (Å²) in [4.78, 5) is 12.2. The topological polar surface area (TPSA) is 59.3 Å². The molecule has 0 heterocycles. The van der Waals surface area contributed by atoms with Gasteiger partial charge in [-0.2, -0.15) is 5.26 Å². The summed E-state index contributed by atoms with van der Waals surface area (Å²) >= 11 is 11.8. The van der Waals surface area contributed by atoms with E-state index in [9.17, 15) is 4.79 Å². The van der Waals surface area contributed by atoms with E-state index in [0.29, 0.717) is 10.8 Å². The minimum absolute atomic E-state index is 0.201. The van der Waals surface area contributed by atoms with Gasteiger partial charge in [0, 0.05) is 11.1 Å². The molecule has 0 aliphatic rings. The van der Waals surface area contributed by atoms with Crippen molar-refractivity contribution in [2.24, 2.45) is 0 Å². The Labute approximate surface area is 143 Å². The van der Waals surface area contributed by atoms with Gasteiger partial charge in [0.1, 0.15) is 0 Å². The zero-order valence-corrected chi connectivity index (χ0v) is 13.6. The SMILES string of the molecule is COc1cc(C=CC#N)ccc1OC(=O)c1ccc(Cl)cc1Cl. The minimum atomic E-state index is -0.620. The van der Waals surface area contributed by atoms with E-state index in [1.54, 1.807) is 30.3 Å². The summed E-state index contributed by atoms with van der Waals surface area (Å²) in [5.41, 5.74) is 0.944. The molecule has 0 spiro atoms. The van der Waals surface area contributed by atoms with Crippen molar-refractivity contribution in [2.75, 3.05) is 7.11 Å². The summed E-state index contributed by atoms with van der Waals surface area (Å²) in [7, 11) is 1.46. The smallest absolute Gasteiger partial charge is 0.345 e. The van der Waals surface area contributed by atoms with Crippen LogP contribution in [0.5, 0.6) is 11.5 Å². The predicted molar refractivity (Wildman–Crippen MR) is 89.1 cm³/mol. The number of carbonyl (C=O) groups is 1. The van der Waals surface area contributed by atoms with Gasteiger partial charge in [0.05, 0.1) is 23.8 Å². The average molecular weight is 348 g/mol. The molecule has 2 rings (SSSR count). The standard InChI is InChI=1S/C17H11Cl2NO3/c1-22-16-9-11(3-2-8-20)4-7-15(16)23-17(21)13-6-5-12(18)10-14(13)19/h2-7,9-10H,1H3. The monoisotopic (exact) mass is 347 g/mol. The Hall–Kier alpha value is -2.48. The molecule has 0 atom stereocenters. The van der Waals surface area contributed by atoms with Crippen LogP contribution in [0.4, 0.5) is 0 Å². The summed E-state index contributed by atoms with van der Waals surface area (Å²) in [6, 6.07) is 11.3. The first-order valence-corrected chi connectivity index (χ1v) is 7.22. The number of methoxy groups -OCH3 is 1. The van der Waals surface area contributed by atoms with Crippen LogP contribution in [0.1, 0.15) is 15.9 Å². The molecule has 0 saturated heterocycles. The van der Waals surface area contributed by atoms with Gasteiger partial charge in [-0.3, -0.25) is 0 Å². The van der Waals surface area contributed by atoms with Gasteiger partial charge in [-0.25, -0.2) is 4.79 Å². The number of carbonyl (C=O) groups excluding carboxylic acids is 1. The van der Waals surface area contributed by atoms with Crippen LogP contribution in [0.15, 0.2) is 42.5 Å². The van der Waals surface area contributed by atoms with Crippen molar-refractivity contribution in [3.63, 3.8) is 0 Å². The maximum atomic E-state index is 12.2. The highest BCUT2D eigenvalue weighted by molar-refractivity contribution is 6.36. The molecule has 0 radical (unpaired) electrons. The molecule has 0 saturated carbocycles. The summed E-state index contributed by atoms with van der Waals surface area (Å²) in [6.07, 6.45) is 2.96. The summed E-state index contributed by atoms with van der Waals surface area (Å²) < 4.78 is 10.5. The van der Waals surface area contributed by atoms with Crippen LogP contribution in [-0.4, -0.2) is 13.1 Å². The lowest BCUT2D eigenvalue weighted by Gasteiger charge is -2.10. The van der Waals surface area contributed by atoms with E-state index in [-0.39, 0.29) is 16.3 Å². The molecule has 0 aliphatic heterocycles. The summed E-state index contributed by atoms with van der Waals surface area (Å²) in [5.74, 6) is -0.00793. The normalized spacial score (nSPS) is 10.3. The molecule has 0 bridgehead atoms. The van der Waals surface area contributed by atoms with Crippen molar-refractivity contribution in [3.05, 3.63) is 63.6 Å². The second kappa shape index (κ2) is 7.68. The van der Waals surface area contributed by atoms with E-state index in [2.05, 4.69) is 0 Å². The number of nitriles is 1. The lowest BCUT2D eigenvalue weighted by atomic mass is 10.2. The van der Waals surface area contributed by atoms with Crippen molar-refractivity contribution in [1.82, 2.24) is 0 Å². The van der Waals surface area contributed by atoms with E-state index < -0.39 is 5.97 Å². The van der Waals surface area contributed by atoms with E-state index in [4.69, 9.17) is 37.9 Å². The number of hydrogen-bond acceptors (Lipinski definition) is 4. The number of nitrogens with zero attached hydrogens (tertiary/aromatic N) is 1. The second-order valence-electron chi connectivity index (χ2n) is 4.39. The first-order valence-electron chi connectivity index (χ1n) is 6.46. The van der Waals surface area contributed by atoms with Crippen LogP contribution in [0.2, 0.25) is 10.0 Å². The molecule has 0 amide bonds. The molecule has 6 heteroatoms. The maximum Gasteiger partial charge on any atom is 0.345 e. The Morgan fingerprint density at radius 1 is 1.17 bits per heavy atom. The van der Waals surface area contributed by atoms with E-state index >= 15 is 0 Å². The summed E-state index contributed by atoms with van der Waals surface area (Å²) in [6.45, 7) is 0. The highest BCUT2D eigenvalue weighted by atomic mass is 35.5.